The van der Waals surface area contributed by atoms with Crippen LogP contribution < -0.4 is 10.6 Å². The quantitative estimate of drug-likeness (QED) is 0.492. The molecule has 2 saturated heterocycles. The highest BCUT2D eigenvalue weighted by Gasteiger charge is 2.47. The SMILES string of the molecule is Nc1cnc2c(F)c(Br)ncc2c1N1C[C@@H]2[C@H]1CCN2[B]C=O. The molecule has 0 aliphatic carbocycles. The molecule has 0 unspecified atom stereocenters. The van der Waals surface area contributed by atoms with Crippen molar-refractivity contribution in [3.63, 3.8) is 0 Å². The van der Waals surface area contributed by atoms with Crippen LogP contribution in [0.25, 0.3) is 10.9 Å². The molecule has 1 radical (unpaired) electrons. The number of rotatable bonds is 3. The summed E-state index contributed by atoms with van der Waals surface area (Å²) in [4.78, 5) is 23.1. The second-order valence-electron chi connectivity index (χ2n) is 5.79. The van der Waals surface area contributed by atoms with Gasteiger partial charge in [0.2, 0.25) is 0 Å². The summed E-state index contributed by atoms with van der Waals surface area (Å²) in [5.74, 6) is -0.483. The van der Waals surface area contributed by atoms with Gasteiger partial charge >= 0.3 is 0 Å². The lowest BCUT2D eigenvalue weighted by Crippen LogP contribution is -2.62. The Bertz CT molecular complexity index is 806. The minimum absolute atomic E-state index is 0.141. The van der Waals surface area contributed by atoms with Crippen LogP contribution in [0, 0.1) is 5.82 Å². The summed E-state index contributed by atoms with van der Waals surface area (Å²) in [7, 11) is 1.59. The van der Waals surface area contributed by atoms with Crippen LogP contribution in [-0.4, -0.2) is 53.6 Å². The van der Waals surface area contributed by atoms with Crippen LogP contribution in [0.2, 0.25) is 0 Å². The predicted molar refractivity (Wildman–Crippen MR) is 90.4 cm³/mol. The second-order valence-corrected chi connectivity index (χ2v) is 6.54. The van der Waals surface area contributed by atoms with Crippen LogP contribution in [0.4, 0.5) is 15.8 Å². The average molecular weight is 377 g/mol. The van der Waals surface area contributed by atoms with Gasteiger partial charge in [-0.2, -0.15) is 0 Å². The number of hydrogen-bond acceptors (Lipinski definition) is 6. The molecule has 4 heterocycles. The molecule has 2 atom stereocenters. The topological polar surface area (TPSA) is 75.3 Å². The molecule has 2 fully saturated rings. The molecule has 2 aromatic heterocycles. The van der Waals surface area contributed by atoms with Crippen LogP contribution >= 0.6 is 15.9 Å². The number of aromatic nitrogens is 2. The Balaban J connectivity index is 1.75. The third-order valence-electron chi connectivity index (χ3n) is 4.69. The van der Waals surface area contributed by atoms with E-state index in [1.54, 1.807) is 13.6 Å². The van der Waals surface area contributed by atoms with Gasteiger partial charge in [0.05, 0.1) is 23.8 Å². The molecule has 0 aromatic carbocycles. The molecule has 0 bridgehead atoms. The van der Waals surface area contributed by atoms with Crippen molar-refractivity contribution in [3.05, 3.63) is 22.8 Å². The Kier molecular flexibility index (Phi) is 3.49. The number of hydrogen-bond donors (Lipinski definition) is 1. The lowest BCUT2D eigenvalue weighted by Gasteiger charge is -2.49. The van der Waals surface area contributed by atoms with Crippen molar-refractivity contribution in [2.75, 3.05) is 23.7 Å². The first-order chi connectivity index (χ1) is 11.1. The minimum atomic E-state index is -0.483. The molecule has 2 aromatic rings. The largest absolute Gasteiger partial charge is 0.396 e. The molecule has 6 nitrogen and oxygen atoms in total. The zero-order valence-electron chi connectivity index (χ0n) is 12.1. The van der Waals surface area contributed by atoms with Gasteiger partial charge in [-0.1, -0.05) is 0 Å². The Morgan fingerprint density at radius 2 is 2.22 bits per heavy atom. The number of carbonyl (C=O) groups excluding carboxylic acids is 1. The zero-order chi connectivity index (χ0) is 16.1. The third-order valence-corrected chi connectivity index (χ3v) is 5.24. The summed E-state index contributed by atoms with van der Waals surface area (Å²) in [6, 6.07) is 0.571. The molecule has 2 N–H and O–H groups in total. The van der Waals surface area contributed by atoms with Crippen molar-refractivity contribution in [2.45, 2.75) is 18.5 Å². The van der Waals surface area contributed by atoms with Crippen LogP contribution in [0.15, 0.2) is 17.0 Å². The van der Waals surface area contributed by atoms with Gasteiger partial charge in [0.1, 0.15) is 10.1 Å². The normalized spacial score (nSPS) is 23.7. The summed E-state index contributed by atoms with van der Waals surface area (Å²) < 4.78 is 14.4. The Morgan fingerprint density at radius 1 is 1.39 bits per heavy atom. The van der Waals surface area contributed by atoms with Crippen molar-refractivity contribution < 1.29 is 9.18 Å². The summed E-state index contributed by atoms with van der Waals surface area (Å²) >= 11 is 3.08. The van der Waals surface area contributed by atoms with E-state index in [0.717, 1.165) is 31.4 Å². The molecule has 23 heavy (non-hydrogen) atoms. The van der Waals surface area contributed by atoms with E-state index in [9.17, 15) is 9.18 Å². The standard InChI is InChI=1S/C14H13BBrFN5O/c16-14-11(17)12-7(3-20-14)13(8(18)4-19-12)21-5-10-9(21)1-2-22(10)15-6-23/h3-4,6,9-10H,1-2,5,18H2/t9-,10-/m1/s1. The molecule has 9 heteroatoms. The molecule has 2 aliphatic heterocycles. The number of carbonyl (C=O) groups is 1. The van der Waals surface area contributed by atoms with Gasteiger partial charge in [0.15, 0.2) is 5.82 Å². The summed E-state index contributed by atoms with van der Waals surface area (Å²) in [5, 5.41) is 0.613. The molecule has 0 amide bonds. The van der Waals surface area contributed by atoms with Crippen LogP contribution in [0.5, 0.6) is 0 Å². The number of pyridine rings is 2. The van der Waals surface area contributed by atoms with E-state index in [1.807, 2.05) is 0 Å². The van der Waals surface area contributed by atoms with Gasteiger partial charge in [-0.15, -0.1) is 0 Å². The molecule has 4 rings (SSSR count). The van der Waals surface area contributed by atoms with Crippen molar-refractivity contribution in [3.8, 4) is 0 Å². The fourth-order valence-electron chi connectivity index (χ4n) is 3.60. The number of halogens is 2. The molecule has 0 saturated carbocycles. The van der Waals surface area contributed by atoms with Crippen molar-refractivity contribution in [2.24, 2.45) is 0 Å². The molecule has 0 spiro atoms. The van der Waals surface area contributed by atoms with Gasteiger partial charge in [0, 0.05) is 30.2 Å². The van der Waals surface area contributed by atoms with Gasteiger partial charge in [0.25, 0.3) is 7.41 Å². The van der Waals surface area contributed by atoms with Crippen molar-refractivity contribution in [1.29, 1.82) is 0 Å². The molecular formula is C14H13BBrFN5O. The fraction of sp³-hybridized carbons (Fsp3) is 0.357. The first-order valence-electron chi connectivity index (χ1n) is 7.31. The van der Waals surface area contributed by atoms with Crippen LogP contribution in [0.3, 0.4) is 0 Å². The number of nitrogens with zero attached hydrogens (tertiary/aromatic N) is 4. The predicted octanol–water partition coefficient (Wildman–Crippen LogP) is 1.19. The van der Waals surface area contributed by atoms with E-state index in [4.69, 9.17) is 5.73 Å². The maximum Gasteiger partial charge on any atom is 0.293 e. The second kappa shape index (κ2) is 5.42. The number of nitrogen functional groups attached to an aromatic ring is 1. The highest BCUT2D eigenvalue weighted by molar-refractivity contribution is 9.10. The van der Waals surface area contributed by atoms with Crippen molar-refractivity contribution in [1.82, 2.24) is 14.8 Å². The van der Waals surface area contributed by atoms with E-state index in [2.05, 4.69) is 35.6 Å². The maximum atomic E-state index is 14.2. The highest BCUT2D eigenvalue weighted by Crippen LogP contribution is 2.42. The number of nitrogens with two attached hydrogens (primary N) is 1. The van der Waals surface area contributed by atoms with E-state index < -0.39 is 5.82 Å². The Labute approximate surface area is 141 Å². The fourth-order valence-corrected chi connectivity index (χ4v) is 3.89. The Hall–Kier alpha value is -1.74. The Morgan fingerprint density at radius 3 is 3.00 bits per heavy atom. The zero-order valence-corrected chi connectivity index (χ0v) is 13.7. The number of fused-ring (bicyclic) bond motifs is 2. The van der Waals surface area contributed by atoms with Gasteiger partial charge < -0.3 is 20.2 Å². The summed E-state index contributed by atoms with van der Waals surface area (Å²) in [5.41, 5.74) is 7.67. The van der Waals surface area contributed by atoms with Gasteiger partial charge in [-0.05, 0) is 28.9 Å². The smallest absolute Gasteiger partial charge is 0.293 e. The van der Waals surface area contributed by atoms with Gasteiger partial charge in [-0.3, -0.25) is 4.98 Å². The molecular weight excluding hydrogens is 364 g/mol. The van der Waals surface area contributed by atoms with E-state index in [1.165, 1.54) is 6.20 Å². The van der Waals surface area contributed by atoms with Gasteiger partial charge in [-0.25, -0.2) is 9.37 Å². The first kappa shape index (κ1) is 14.8. The first-order valence-corrected chi connectivity index (χ1v) is 8.10. The minimum Gasteiger partial charge on any atom is -0.396 e. The molecule has 2 aliphatic rings. The van der Waals surface area contributed by atoms with E-state index in [0.29, 0.717) is 17.1 Å². The monoisotopic (exact) mass is 376 g/mol. The lowest BCUT2D eigenvalue weighted by atomic mass is 9.88. The average Bonchev–Trinajstić information content (AvgIpc) is 2.82. The van der Waals surface area contributed by atoms with Crippen molar-refractivity contribution >= 4 is 51.8 Å². The lowest BCUT2D eigenvalue weighted by molar-refractivity contribution is 0.308. The van der Waals surface area contributed by atoms with E-state index >= 15 is 0 Å². The number of anilines is 2. The van der Waals surface area contributed by atoms with Crippen LogP contribution in [0.1, 0.15) is 6.42 Å². The third kappa shape index (κ3) is 2.14. The highest BCUT2D eigenvalue weighted by atomic mass is 79.9. The maximum absolute atomic E-state index is 14.2. The van der Waals surface area contributed by atoms with E-state index in [-0.39, 0.29) is 16.2 Å². The summed E-state index contributed by atoms with van der Waals surface area (Å²) in [6.07, 6.45) is 4.84. The molecule has 117 valence electrons. The van der Waals surface area contributed by atoms with Crippen LogP contribution in [-0.2, 0) is 4.79 Å². The summed E-state index contributed by atoms with van der Waals surface area (Å²) in [6.45, 7) is 1.58.